The molecule has 0 heterocycles. The van der Waals surface area contributed by atoms with Crippen LogP contribution < -0.4 is 28.9 Å². The average Bonchev–Trinajstić information content (AvgIpc) is 0.771. The molecule has 18 aromatic carbocycles. The van der Waals surface area contributed by atoms with E-state index in [1.165, 1.54) is 16.2 Å². The van der Waals surface area contributed by atoms with E-state index >= 15 is 0 Å². The van der Waals surface area contributed by atoms with Gasteiger partial charge in [0.2, 0.25) is 0 Å². The number of para-hydroxylation sites is 3. The fourth-order valence-electron chi connectivity index (χ4n) is 15.1. The maximum atomic E-state index is 13.9. The van der Waals surface area contributed by atoms with Gasteiger partial charge >= 0.3 is 17.9 Å². The van der Waals surface area contributed by atoms with E-state index < -0.39 is 17.9 Å². The molecule has 0 radical (unpaired) electrons. The summed E-state index contributed by atoms with van der Waals surface area (Å²) in [4.78, 5) is 48.5. The molecule has 548 valence electrons. The van der Waals surface area contributed by atoms with Crippen LogP contribution >= 0.6 is 0 Å². The summed E-state index contributed by atoms with van der Waals surface area (Å²) in [5.41, 5.74) is 19.1. The van der Waals surface area contributed by atoms with Crippen molar-refractivity contribution in [2.45, 2.75) is 5.92 Å². The van der Waals surface area contributed by atoms with Gasteiger partial charge < -0.3 is 28.9 Å². The fourth-order valence-corrected chi connectivity index (χ4v) is 15.1. The minimum absolute atomic E-state index is 0.369. The third-order valence-electron chi connectivity index (χ3n) is 21.0. The molecule has 0 N–H and O–H groups in total. The molecule has 0 bridgehead atoms. The van der Waals surface area contributed by atoms with Gasteiger partial charge in [-0.2, -0.15) is 0 Å². The Balaban J connectivity index is 0.564. The fraction of sp³-hybridized carbons (Fsp3) is 0.00943. The molecule has 0 amide bonds. The number of nitrogens with zero attached hydrogens (tertiary/aromatic N) is 3. The highest BCUT2D eigenvalue weighted by Gasteiger charge is 2.23. The normalized spacial score (nSPS) is 11.1. The second kappa shape index (κ2) is 32.2. The van der Waals surface area contributed by atoms with Gasteiger partial charge in [-0.05, 0) is 264 Å². The minimum Gasteiger partial charge on any atom is -0.423 e. The molecule has 0 aromatic heterocycles. The molecular formula is C106H73N3O6. The summed E-state index contributed by atoms with van der Waals surface area (Å²) in [6, 6.07) is 146. The van der Waals surface area contributed by atoms with Crippen LogP contribution in [0.5, 0.6) is 17.2 Å². The molecule has 0 unspecified atom stereocenters. The van der Waals surface area contributed by atoms with Crippen molar-refractivity contribution in [3.63, 3.8) is 0 Å². The Morgan fingerprint density at radius 1 is 0.183 bits per heavy atom. The molecule has 0 spiro atoms. The number of carbonyl (C=O) groups is 3. The van der Waals surface area contributed by atoms with E-state index in [-0.39, 0.29) is 5.92 Å². The van der Waals surface area contributed by atoms with Gasteiger partial charge in [0.15, 0.2) is 0 Å². The Kier molecular flexibility index (Phi) is 20.0. The number of rotatable bonds is 21. The average molecular weight is 1480 g/mol. The highest BCUT2D eigenvalue weighted by Crippen LogP contribution is 2.43. The Labute approximate surface area is 667 Å². The highest BCUT2D eigenvalue weighted by molar-refractivity contribution is 5.96. The van der Waals surface area contributed by atoms with E-state index in [1.54, 1.807) is 72.8 Å². The lowest BCUT2D eigenvalue weighted by molar-refractivity contribution is 0.0725. The number of benzene rings is 18. The maximum Gasteiger partial charge on any atom is 0.343 e. The molecule has 0 saturated carbocycles. The maximum absolute atomic E-state index is 13.9. The van der Waals surface area contributed by atoms with Gasteiger partial charge in [-0.15, -0.1) is 0 Å². The second-order valence-corrected chi connectivity index (χ2v) is 28.3. The van der Waals surface area contributed by atoms with Crippen molar-refractivity contribution in [2.24, 2.45) is 0 Å². The van der Waals surface area contributed by atoms with Crippen LogP contribution in [0.25, 0.3) is 65.7 Å². The van der Waals surface area contributed by atoms with Gasteiger partial charge in [0.1, 0.15) is 17.2 Å². The number of hydrogen-bond acceptors (Lipinski definition) is 9. The minimum atomic E-state index is -0.494. The number of anilines is 9. The Morgan fingerprint density at radius 2 is 0.383 bits per heavy atom. The van der Waals surface area contributed by atoms with Crippen LogP contribution in [0.4, 0.5) is 51.2 Å². The Hall–Kier alpha value is -15.5. The van der Waals surface area contributed by atoms with Crippen molar-refractivity contribution in [1.82, 2.24) is 0 Å². The monoisotopic (exact) mass is 1480 g/mol. The standard InChI is InChI=1S/C106H73N3O6/c110-104(85-34-28-76(29-35-85)79-40-55-94(56-41-79)107(91-22-4-1-5-23-91)97-61-46-73-16-10-13-19-88(73)70-97)113-100-64-49-82(50-65-100)103(83-51-66-101(67-52-83)114-105(111)86-36-30-77(31-37-86)80-42-57-95(58-43-80)108(92-24-6-2-7-25-92)98-62-47-74-17-11-14-20-89(74)71-98)84-53-68-102(69-54-84)115-106(112)87-38-32-78(33-39-87)81-44-59-96(60-45-81)109(93-26-8-3-9-27-93)99-63-48-75-18-12-15-21-90(75)72-99/h1-72,103H. The molecule has 0 aliphatic rings. The number of hydrogen-bond donors (Lipinski definition) is 0. The number of esters is 3. The summed E-state index contributed by atoms with van der Waals surface area (Å²) >= 11 is 0. The largest absolute Gasteiger partial charge is 0.423 e. The van der Waals surface area contributed by atoms with Crippen LogP contribution in [0.3, 0.4) is 0 Å². The predicted molar refractivity (Wildman–Crippen MR) is 467 cm³/mol. The SMILES string of the molecule is O=C(Oc1ccc(C(c2ccc(OC(=O)c3ccc(-c4ccc(N(c5ccccc5)c5ccc6ccccc6c5)cc4)cc3)cc2)c2ccc(OC(=O)c3ccc(-c4ccc(N(c5ccccc5)c5ccc6ccccc6c5)cc4)cc3)cc2)cc1)c1ccc(-c2ccc(N(c3ccccc3)c3ccc4ccccc4c3)cc2)cc1. The lowest BCUT2D eigenvalue weighted by Gasteiger charge is -2.26. The van der Waals surface area contributed by atoms with Crippen LogP contribution in [0.15, 0.2) is 437 Å². The second-order valence-electron chi connectivity index (χ2n) is 28.3. The Morgan fingerprint density at radius 3 is 0.626 bits per heavy atom. The van der Waals surface area contributed by atoms with Gasteiger partial charge in [-0.1, -0.05) is 255 Å². The number of fused-ring (bicyclic) bond motifs is 3. The van der Waals surface area contributed by atoms with Gasteiger partial charge in [-0.25, -0.2) is 14.4 Å². The first-order valence-corrected chi connectivity index (χ1v) is 38.3. The number of ether oxygens (including phenoxy) is 3. The molecule has 0 fully saturated rings. The molecular weight excluding hydrogens is 1410 g/mol. The summed E-state index contributed by atoms with van der Waals surface area (Å²) in [6.45, 7) is 0. The van der Waals surface area contributed by atoms with E-state index in [9.17, 15) is 14.4 Å². The molecule has 9 nitrogen and oxygen atoms in total. The quantitative estimate of drug-likeness (QED) is 0.0396. The third kappa shape index (κ3) is 15.6. The van der Waals surface area contributed by atoms with Crippen molar-refractivity contribution in [3.8, 4) is 50.6 Å². The van der Waals surface area contributed by atoms with Crippen LogP contribution in [0, 0.1) is 0 Å². The number of carbonyl (C=O) groups excluding carboxylic acids is 3. The zero-order valence-corrected chi connectivity index (χ0v) is 62.4. The van der Waals surface area contributed by atoms with Crippen molar-refractivity contribution >= 4 is 101 Å². The zero-order chi connectivity index (χ0) is 77.4. The summed E-state index contributed by atoms with van der Waals surface area (Å²) in [6.07, 6.45) is 0. The first-order chi connectivity index (χ1) is 56.7. The topological polar surface area (TPSA) is 88.6 Å². The molecule has 0 aliphatic carbocycles. The van der Waals surface area contributed by atoms with E-state index in [4.69, 9.17) is 14.2 Å². The first kappa shape index (κ1) is 71.2. The van der Waals surface area contributed by atoms with Gasteiger partial charge in [0.25, 0.3) is 0 Å². The highest BCUT2D eigenvalue weighted by atomic mass is 16.5. The molecule has 0 aliphatic heterocycles. The van der Waals surface area contributed by atoms with Crippen LogP contribution in [0.2, 0.25) is 0 Å². The van der Waals surface area contributed by atoms with Crippen LogP contribution in [-0.2, 0) is 0 Å². The van der Waals surface area contributed by atoms with Crippen molar-refractivity contribution < 1.29 is 28.6 Å². The first-order valence-electron chi connectivity index (χ1n) is 38.3. The van der Waals surface area contributed by atoms with E-state index in [1.807, 2.05) is 127 Å². The summed E-state index contributed by atoms with van der Waals surface area (Å²) in [7, 11) is 0. The summed E-state index contributed by atoms with van der Waals surface area (Å²) in [5, 5.41) is 7.04. The van der Waals surface area contributed by atoms with E-state index in [0.717, 1.165) is 117 Å². The van der Waals surface area contributed by atoms with E-state index in [2.05, 4.69) is 251 Å². The summed E-state index contributed by atoms with van der Waals surface area (Å²) in [5.74, 6) is -0.745. The van der Waals surface area contributed by atoms with Crippen LogP contribution in [-0.4, -0.2) is 17.9 Å². The Bertz CT molecular complexity index is 5850. The van der Waals surface area contributed by atoms with Crippen molar-refractivity contribution in [1.29, 1.82) is 0 Å². The molecule has 18 rings (SSSR count). The van der Waals surface area contributed by atoms with E-state index in [0.29, 0.717) is 33.9 Å². The third-order valence-corrected chi connectivity index (χ3v) is 21.0. The van der Waals surface area contributed by atoms with Gasteiger partial charge in [0.05, 0.1) is 16.7 Å². The molecule has 0 saturated heterocycles. The van der Waals surface area contributed by atoms with Gasteiger partial charge in [-0.3, -0.25) is 0 Å². The molecule has 9 heteroatoms. The summed E-state index contributed by atoms with van der Waals surface area (Å²) < 4.78 is 18.1. The lowest BCUT2D eigenvalue weighted by Crippen LogP contribution is -2.10. The van der Waals surface area contributed by atoms with Crippen molar-refractivity contribution in [2.75, 3.05) is 14.7 Å². The smallest absolute Gasteiger partial charge is 0.343 e. The zero-order valence-electron chi connectivity index (χ0n) is 62.4. The molecule has 0 atom stereocenters. The molecule has 115 heavy (non-hydrogen) atoms. The predicted octanol–water partition coefficient (Wildman–Crippen LogP) is 27.4. The van der Waals surface area contributed by atoms with Crippen LogP contribution in [0.1, 0.15) is 53.7 Å². The lowest BCUT2D eigenvalue weighted by atomic mass is 9.85. The van der Waals surface area contributed by atoms with Gasteiger partial charge in [0, 0.05) is 57.1 Å². The van der Waals surface area contributed by atoms with Crippen molar-refractivity contribution in [3.05, 3.63) is 470 Å². The molecule has 18 aromatic rings.